The molecule has 0 spiro atoms. The summed E-state index contributed by atoms with van der Waals surface area (Å²) in [5.41, 5.74) is 9.05. The minimum absolute atomic E-state index is 0.644. The molecule has 7 rings (SSSR count). The Morgan fingerprint density at radius 1 is 0.148 bits per heavy atom. The Morgan fingerprint density at radius 3 is 0.407 bits per heavy atom. The molecule has 0 heterocycles. The molecule has 0 aliphatic carbocycles. The lowest BCUT2D eigenvalue weighted by Crippen LogP contribution is -2.05. The van der Waals surface area contributed by atoms with Gasteiger partial charge in [0.05, 0.1) is 33.4 Å². The van der Waals surface area contributed by atoms with E-state index in [-0.39, 0.29) is 0 Å². The summed E-state index contributed by atoms with van der Waals surface area (Å²) in [6, 6.07) is 59.5. The van der Waals surface area contributed by atoms with E-state index in [0.29, 0.717) is 33.4 Å². The zero-order chi connectivity index (χ0) is 36.6. The van der Waals surface area contributed by atoms with E-state index in [9.17, 15) is 0 Å². The van der Waals surface area contributed by atoms with Gasteiger partial charge in [0.2, 0.25) is 0 Å². The minimum atomic E-state index is 0.644. The molecule has 54 heavy (non-hydrogen) atoms. The zero-order valence-electron chi connectivity index (χ0n) is 29.3. The molecule has 0 saturated carbocycles. The van der Waals surface area contributed by atoms with Gasteiger partial charge in [-0.3, -0.25) is 0 Å². The van der Waals surface area contributed by atoms with E-state index in [1.54, 1.807) is 0 Å². The molecule has 0 radical (unpaired) electrons. The second-order valence-corrected chi connectivity index (χ2v) is 11.9. The molecular formula is C54H30. The molecule has 0 unspecified atom stereocenters. The van der Waals surface area contributed by atoms with Crippen LogP contribution in [0.4, 0.5) is 0 Å². The summed E-state index contributed by atoms with van der Waals surface area (Å²) in [5.74, 6) is 41.5. The second-order valence-electron chi connectivity index (χ2n) is 11.9. The quantitative estimate of drug-likeness (QED) is 0.140. The highest BCUT2D eigenvalue weighted by Gasteiger charge is 2.20. The van der Waals surface area contributed by atoms with Crippen LogP contribution in [0, 0.1) is 71.0 Å². The molecule has 0 nitrogen and oxygen atoms in total. The smallest absolute Gasteiger partial charge is 0.0588 e. The predicted octanol–water partition coefficient (Wildman–Crippen LogP) is 10.1. The number of benzene rings is 7. The topological polar surface area (TPSA) is 0 Å². The second kappa shape index (κ2) is 17.7. The largest absolute Gasteiger partial charge is 0.0622 e. The van der Waals surface area contributed by atoms with E-state index < -0.39 is 0 Å². The first-order valence-corrected chi connectivity index (χ1v) is 17.5. The highest BCUT2D eigenvalue weighted by molar-refractivity contribution is 5.78. The first-order chi connectivity index (χ1) is 26.8. The molecule has 0 aromatic heterocycles. The van der Waals surface area contributed by atoms with Gasteiger partial charge in [0.15, 0.2) is 0 Å². The van der Waals surface area contributed by atoms with E-state index in [2.05, 4.69) is 71.0 Å². The van der Waals surface area contributed by atoms with Crippen LogP contribution in [0.2, 0.25) is 0 Å². The van der Waals surface area contributed by atoms with Crippen molar-refractivity contribution in [2.75, 3.05) is 0 Å². The highest BCUT2D eigenvalue weighted by Crippen LogP contribution is 2.28. The van der Waals surface area contributed by atoms with Gasteiger partial charge in [-0.25, -0.2) is 0 Å². The SMILES string of the molecule is C(#Cc1c(C#Cc2ccccc2)c(C#Cc2ccccc2)c(C#Cc2ccccc2)c(C#Cc2ccccc2)c1C#Cc1ccccc1)c1ccccc1. The van der Waals surface area contributed by atoms with Crippen molar-refractivity contribution < 1.29 is 0 Å². The normalized spacial score (nSPS) is 9.33. The predicted molar refractivity (Wildman–Crippen MR) is 221 cm³/mol. The average molecular weight is 679 g/mol. The Labute approximate surface area is 318 Å². The van der Waals surface area contributed by atoms with Crippen LogP contribution in [0.5, 0.6) is 0 Å². The fraction of sp³-hybridized carbons (Fsp3) is 0. The lowest BCUT2D eigenvalue weighted by Gasteiger charge is -2.12. The molecular weight excluding hydrogens is 649 g/mol. The van der Waals surface area contributed by atoms with E-state index in [4.69, 9.17) is 0 Å². The maximum Gasteiger partial charge on any atom is 0.0588 e. The Hall–Kier alpha value is -8.10. The highest BCUT2D eigenvalue weighted by atomic mass is 14.2. The fourth-order valence-corrected chi connectivity index (χ4v) is 5.44. The Morgan fingerprint density at radius 2 is 0.278 bits per heavy atom. The van der Waals surface area contributed by atoms with Gasteiger partial charge in [-0.1, -0.05) is 180 Å². The maximum atomic E-state index is 3.51. The summed E-state index contributed by atoms with van der Waals surface area (Å²) in [5, 5.41) is 0. The van der Waals surface area contributed by atoms with Gasteiger partial charge in [-0.15, -0.1) is 0 Å². The third-order valence-corrected chi connectivity index (χ3v) is 8.13. The van der Waals surface area contributed by atoms with Gasteiger partial charge >= 0.3 is 0 Å². The molecule has 7 aromatic rings. The van der Waals surface area contributed by atoms with Crippen LogP contribution in [0.3, 0.4) is 0 Å². The van der Waals surface area contributed by atoms with E-state index in [1.807, 2.05) is 182 Å². The molecule has 0 amide bonds. The van der Waals surface area contributed by atoms with Crippen molar-refractivity contribution in [3.63, 3.8) is 0 Å². The van der Waals surface area contributed by atoms with Crippen LogP contribution in [0.1, 0.15) is 66.8 Å². The van der Waals surface area contributed by atoms with Crippen molar-refractivity contribution in [2.24, 2.45) is 0 Å². The fourth-order valence-electron chi connectivity index (χ4n) is 5.44. The third kappa shape index (κ3) is 9.16. The van der Waals surface area contributed by atoms with Crippen molar-refractivity contribution in [3.05, 3.63) is 249 Å². The molecule has 0 aliphatic heterocycles. The van der Waals surface area contributed by atoms with Crippen LogP contribution in [0.25, 0.3) is 0 Å². The van der Waals surface area contributed by atoms with Crippen LogP contribution >= 0.6 is 0 Å². The lowest BCUT2D eigenvalue weighted by molar-refractivity contribution is 1.43. The molecule has 7 aromatic carbocycles. The van der Waals surface area contributed by atoms with E-state index in [0.717, 1.165) is 33.4 Å². The summed E-state index contributed by atoms with van der Waals surface area (Å²) >= 11 is 0. The number of hydrogen-bond acceptors (Lipinski definition) is 0. The Bertz CT molecular complexity index is 2250. The van der Waals surface area contributed by atoms with Crippen LogP contribution in [-0.2, 0) is 0 Å². The van der Waals surface area contributed by atoms with Gasteiger partial charge < -0.3 is 0 Å². The molecule has 0 atom stereocenters. The van der Waals surface area contributed by atoms with Gasteiger partial charge in [0.25, 0.3) is 0 Å². The summed E-state index contributed by atoms with van der Waals surface area (Å²) < 4.78 is 0. The monoisotopic (exact) mass is 678 g/mol. The molecule has 0 heteroatoms. The average Bonchev–Trinajstić information content (AvgIpc) is 3.24. The van der Waals surface area contributed by atoms with Crippen LogP contribution in [-0.4, -0.2) is 0 Å². The van der Waals surface area contributed by atoms with Crippen molar-refractivity contribution in [2.45, 2.75) is 0 Å². The number of rotatable bonds is 0. The first kappa shape index (κ1) is 34.4. The first-order valence-electron chi connectivity index (χ1n) is 17.5. The molecule has 0 saturated heterocycles. The third-order valence-electron chi connectivity index (χ3n) is 8.13. The van der Waals surface area contributed by atoms with Gasteiger partial charge in [-0.2, -0.15) is 0 Å². The van der Waals surface area contributed by atoms with Crippen molar-refractivity contribution in [3.8, 4) is 71.0 Å². The molecule has 0 fully saturated rings. The lowest BCUT2D eigenvalue weighted by atomic mass is 9.86. The summed E-state index contributed by atoms with van der Waals surface area (Å²) in [4.78, 5) is 0. The zero-order valence-corrected chi connectivity index (χ0v) is 29.3. The molecule has 0 aliphatic rings. The van der Waals surface area contributed by atoms with E-state index in [1.165, 1.54) is 0 Å². The summed E-state index contributed by atoms with van der Waals surface area (Å²) in [6.45, 7) is 0. The summed E-state index contributed by atoms with van der Waals surface area (Å²) in [6.07, 6.45) is 0. The Balaban J connectivity index is 1.65. The molecule has 246 valence electrons. The van der Waals surface area contributed by atoms with Crippen LogP contribution in [0.15, 0.2) is 182 Å². The van der Waals surface area contributed by atoms with Crippen molar-refractivity contribution in [1.82, 2.24) is 0 Å². The standard InChI is InChI=1S/C54H30/c1-7-19-43(20-8-1)31-37-49-50(38-32-44-21-9-2-10-22-44)52(40-34-46-25-13-4-14-26-46)54(42-36-48-29-17-6-18-30-48)53(41-35-47-27-15-5-16-28-47)51(49)39-33-45-23-11-3-12-24-45/h1-30H. The van der Waals surface area contributed by atoms with Crippen LogP contribution < -0.4 is 0 Å². The minimum Gasteiger partial charge on any atom is -0.0622 e. The molecule has 0 N–H and O–H groups in total. The van der Waals surface area contributed by atoms with Crippen molar-refractivity contribution >= 4 is 0 Å². The maximum absolute atomic E-state index is 3.51. The van der Waals surface area contributed by atoms with Gasteiger partial charge in [-0.05, 0) is 72.8 Å². The number of hydrogen-bond donors (Lipinski definition) is 0. The van der Waals surface area contributed by atoms with Gasteiger partial charge in [0.1, 0.15) is 0 Å². The Kier molecular flexibility index (Phi) is 11.3. The molecule has 0 bridgehead atoms. The van der Waals surface area contributed by atoms with Gasteiger partial charge in [0, 0.05) is 33.4 Å². The summed E-state index contributed by atoms with van der Waals surface area (Å²) in [7, 11) is 0. The van der Waals surface area contributed by atoms with Crippen molar-refractivity contribution in [1.29, 1.82) is 0 Å². The van der Waals surface area contributed by atoms with E-state index >= 15 is 0 Å².